The molecule has 0 spiro atoms. The average molecular weight is 394 g/mol. The zero-order valence-electron chi connectivity index (χ0n) is 16.0. The summed E-state index contributed by atoms with van der Waals surface area (Å²) in [6, 6.07) is 5.84. The van der Waals surface area contributed by atoms with Crippen molar-refractivity contribution in [2.75, 3.05) is 12.4 Å². The van der Waals surface area contributed by atoms with Gasteiger partial charge in [0.25, 0.3) is 0 Å². The highest BCUT2D eigenvalue weighted by molar-refractivity contribution is 5.72. The van der Waals surface area contributed by atoms with Gasteiger partial charge in [-0.3, -0.25) is 0 Å². The van der Waals surface area contributed by atoms with Gasteiger partial charge in [-0.25, -0.2) is 9.97 Å². The number of methoxy groups -OCH3 is 1. The van der Waals surface area contributed by atoms with E-state index in [1.807, 2.05) is 19.9 Å². The molecule has 1 heterocycles. The molecule has 0 aliphatic heterocycles. The van der Waals surface area contributed by atoms with Gasteiger partial charge in [0.1, 0.15) is 17.6 Å². The van der Waals surface area contributed by atoms with Crippen molar-refractivity contribution in [1.82, 2.24) is 9.97 Å². The van der Waals surface area contributed by atoms with Crippen molar-refractivity contribution >= 4 is 5.82 Å². The Morgan fingerprint density at radius 3 is 2.43 bits per heavy atom. The average Bonchev–Trinajstić information content (AvgIpc) is 2.65. The Balaban J connectivity index is 2.49. The van der Waals surface area contributed by atoms with Gasteiger partial charge in [-0.1, -0.05) is 13.8 Å². The van der Waals surface area contributed by atoms with Gasteiger partial charge in [0.05, 0.1) is 18.5 Å². The Labute approximate surface area is 161 Å². The van der Waals surface area contributed by atoms with Crippen LogP contribution in [0.5, 0.6) is 11.5 Å². The number of rotatable bonds is 7. The molecule has 150 valence electrons. The van der Waals surface area contributed by atoms with Crippen LogP contribution in [0.1, 0.15) is 38.1 Å². The fourth-order valence-electron chi connectivity index (χ4n) is 2.70. The molecule has 1 aromatic heterocycles. The SMILES string of the molecule is CCC(CC)Nc1nc(C)c(-c2ccc(OC(F)(F)F)cc2OC)nc1C#N. The zero-order valence-corrected chi connectivity index (χ0v) is 16.0. The summed E-state index contributed by atoms with van der Waals surface area (Å²) in [6.45, 7) is 5.76. The summed E-state index contributed by atoms with van der Waals surface area (Å²) in [4.78, 5) is 8.82. The maximum absolute atomic E-state index is 12.4. The van der Waals surface area contributed by atoms with Gasteiger partial charge in [0.15, 0.2) is 11.5 Å². The molecule has 6 nitrogen and oxygen atoms in total. The van der Waals surface area contributed by atoms with E-state index < -0.39 is 12.1 Å². The van der Waals surface area contributed by atoms with Crippen LogP contribution in [0.2, 0.25) is 0 Å². The molecular weight excluding hydrogens is 373 g/mol. The van der Waals surface area contributed by atoms with Crippen molar-refractivity contribution in [3.63, 3.8) is 0 Å². The number of ether oxygens (including phenoxy) is 2. The number of anilines is 1. The van der Waals surface area contributed by atoms with Gasteiger partial charge in [-0.15, -0.1) is 13.2 Å². The van der Waals surface area contributed by atoms with Crippen LogP contribution in [-0.2, 0) is 0 Å². The summed E-state index contributed by atoms with van der Waals surface area (Å²) < 4.78 is 46.4. The van der Waals surface area contributed by atoms with Crippen LogP contribution in [-0.4, -0.2) is 29.5 Å². The van der Waals surface area contributed by atoms with Gasteiger partial charge in [0.2, 0.25) is 0 Å². The third-order valence-corrected chi connectivity index (χ3v) is 4.16. The van der Waals surface area contributed by atoms with Crippen molar-refractivity contribution < 1.29 is 22.6 Å². The van der Waals surface area contributed by atoms with Crippen LogP contribution >= 0.6 is 0 Å². The maximum Gasteiger partial charge on any atom is 0.573 e. The number of nitrogens with one attached hydrogen (secondary N) is 1. The maximum atomic E-state index is 12.4. The van der Waals surface area contributed by atoms with Crippen molar-refractivity contribution in [3.05, 3.63) is 29.6 Å². The van der Waals surface area contributed by atoms with Crippen LogP contribution in [0.15, 0.2) is 18.2 Å². The highest BCUT2D eigenvalue weighted by atomic mass is 19.4. The van der Waals surface area contributed by atoms with E-state index in [1.54, 1.807) is 6.92 Å². The molecule has 28 heavy (non-hydrogen) atoms. The summed E-state index contributed by atoms with van der Waals surface area (Å²) in [5.41, 5.74) is 1.37. The van der Waals surface area contributed by atoms with E-state index in [9.17, 15) is 18.4 Å². The van der Waals surface area contributed by atoms with Crippen molar-refractivity contribution in [2.45, 2.75) is 46.0 Å². The molecule has 0 aliphatic carbocycles. The topological polar surface area (TPSA) is 80.1 Å². The Morgan fingerprint density at radius 2 is 1.89 bits per heavy atom. The number of hydrogen-bond acceptors (Lipinski definition) is 6. The quantitative estimate of drug-likeness (QED) is 0.724. The molecule has 0 radical (unpaired) electrons. The summed E-state index contributed by atoms with van der Waals surface area (Å²) in [5, 5.41) is 12.7. The first-order chi connectivity index (χ1) is 13.2. The molecule has 0 saturated heterocycles. The smallest absolute Gasteiger partial charge is 0.496 e. The van der Waals surface area contributed by atoms with E-state index in [4.69, 9.17) is 4.74 Å². The fraction of sp³-hybridized carbons (Fsp3) is 0.421. The number of halogens is 3. The number of hydrogen-bond donors (Lipinski definition) is 1. The normalized spacial score (nSPS) is 11.2. The molecule has 1 N–H and O–H groups in total. The minimum Gasteiger partial charge on any atom is -0.496 e. The minimum atomic E-state index is -4.81. The first kappa shape index (κ1) is 21.3. The lowest BCUT2D eigenvalue weighted by Gasteiger charge is -2.18. The molecule has 2 rings (SSSR count). The number of benzene rings is 1. The molecule has 0 atom stereocenters. The third kappa shape index (κ3) is 5.03. The van der Waals surface area contributed by atoms with Crippen molar-refractivity contribution in [1.29, 1.82) is 5.26 Å². The molecule has 0 aliphatic rings. The van der Waals surface area contributed by atoms with Crippen LogP contribution in [0.4, 0.5) is 19.0 Å². The number of alkyl halides is 3. The molecule has 2 aromatic rings. The first-order valence-electron chi connectivity index (χ1n) is 8.71. The highest BCUT2D eigenvalue weighted by Crippen LogP contribution is 2.36. The monoisotopic (exact) mass is 394 g/mol. The third-order valence-electron chi connectivity index (χ3n) is 4.16. The van der Waals surface area contributed by atoms with E-state index in [2.05, 4.69) is 20.0 Å². The van der Waals surface area contributed by atoms with Crippen LogP contribution in [0.3, 0.4) is 0 Å². The van der Waals surface area contributed by atoms with E-state index in [-0.39, 0.29) is 17.5 Å². The van der Waals surface area contributed by atoms with Crippen molar-refractivity contribution in [2.24, 2.45) is 0 Å². The van der Waals surface area contributed by atoms with Crippen LogP contribution in [0.25, 0.3) is 11.3 Å². The minimum absolute atomic E-state index is 0.102. The van der Waals surface area contributed by atoms with Gasteiger partial charge < -0.3 is 14.8 Å². The second-order valence-electron chi connectivity index (χ2n) is 6.03. The van der Waals surface area contributed by atoms with E-state index in [0.29, 0.717) is 22.8 Å². The molecule has 9 heteroatoms. The second kappa shape index (κ2) is 8.78. The lowest BCUT2D eigenvalue weighted by molar-refractivity contribution is -0.274. The van der Waals surface area contributed by atoms with E-state index in [1.165, 1.54) is 13.2 Å². The lowest BCUT2D eigenvalue weighted by Crippen LogP contribution is -2.19. The Morgan fingerprint density at radius 1 is 1.21 bits per heavy atom. The fourth-order valence-corrected chi connectivity index (χ4v) is 2.70. The molecule has 0 saturated carbocycles. The van der Waals surface area contributed by atoms with Crippen molar-refractivity contribution in [3.8, 4) is 28.8 Å². The predicted molar refractivity (Wildman–Crippen MR) is 98.1 cm³/mol. The Kier molecular flexibility index (Phi) is 6.67. The van der Waals surface area contributed by atoms with Crippen LogP contribution < -0.4 is 14.8 Å². The summed E-state index contributed by atoms with van der Waals surface area (Å²) in [7, 11) is 1.33. The molecular formula is C19H21F3N4O2. The predicted octanol–water partition coefficient (Wildman–Crippen LogP) is 4.83. The number of aryl methyl sites for hydroxylation is 1. The molecule has 0 unspecified atom stereocenters. The summed E-state index contributed by atoms with van der Waals surface area (Å²) in [6.07, 6.45) is -3.09. The number of nitrogens with zero attached hydrogens (tertiary/aromatic N) is 3. The van der Waals surface area contributed by atoms with E-state index >= 15 is 0 Å². The molecule has 0 fully saturated rings. The number of nitriles is 1. The first-order valence-corrected chi connectivity index (χ1v) is 8.71. The van der Waals surface area contributed by atoms with Gasteiger partial charge >= 0.3 is 6.36 Å². The van der Waals surface area contributed by atoms with E-state index in [0.717, 1.165) is 25.0 Å². The summed E-state index contributed by atoms with van der Waals surface area (Å²) in [5.74, 6) is 0.100. The summed E-state index contributed by atoms with van der Waals surface area (Å²) >= 11 is 0. The molecule has 0 bridgehead atoms. The van der Waals surface area contributed by atoms with Gasteiger partial charge in [-0.2, -0.15) is 5.26 Å². The zero-order chi connectivity index (χ0) is 20.9. The van der Waals surface area contributed by atoms with Gasteiger partial charge in [-0.05, 0) is 31.9 Å². The number of aromatic nitrogens is 2. The molecule has 0 amide bonds. The largest absolute Gasteiger partial charge is 0.573 e. The lowest BCUT2D eigenvalue weighted by atomic mass is 10.1. The van der Waals surface area contributed by atoms with Gasteiger partial charge in [0, 0.05) is 17.7 Å². The van der Waals surface area contributed by atoms with Crippen LogP contribution in [0, 0.1) is 18.3 Å². The second-order valence-corrected chi connectivity index (χ2v) is 6.03. The molecule has 1 aromatic carbocycles. The Bertz CT molecular complexity index is 875. The highest BCUT2D eigenvalue weighted by Gasteiger charge is 2.31. The standard InChI is InChI=1S/C19H21F3N4O2/c1-5-12(6-2)25-18-15(10-23)26-17(11(3)24-18)14-8-7-13(9-16(14)27-4)28-19(20,21)22/h7-9,12H,5-6H2,1-4H3,(H,24,25). The Hall–Kier alpha value is -3.02.